The van der Waals surface area contributed by atoms with Crippen LogP contribution in [0.15, 0.2) is 35.1 Å². The van der Waals surface area contributed by atoms with Crippen LogP contribution in [0.5, 0.6) is 0 Å². The highest BCUT2D eigenvalue weighted by Gasteiger charge is 2.14. The molecule has 0 unspecified atom stereocenters. The monoisotopic (exact) mass is 269 g/mol. The number of nitrogen functional groups attached to an aromatic ring is 1. The van der Waals surface area contributed by atoms with E-state index in [1.807, 2.05) is 42.9 Å². The molecule has 1 aromatic carbocycles. The van der Waals surface area contributed by atoms with Gasteiger partial charge in [0.15, 0.2) is 0 Å². The maximum atomic E-state index is 5.90. The molecule has 0 aliphatic carbocycles. The smallest absolute Gasteiger partial charge is 0.261 e. The summed E-state index contributed by atoms with van der Waals surface area (Å²) in [4.78, 5) is 4.41. The van der Waals surface area contributed by atoms with E-state index in [9.17, 15) is 0 Å². The standard InChI is InChI=1S/C14H15N5O/c1-3-19-8-10(7-16-19)14-17-13(18-20-14)11-5-4-6-12(15)9(11)2/h4-8H,3,15H2,1-2H3. The SMILES string of the molecule is CCn1cc(-c2nc(-c3cccc(N)c3C)no2)cn1. The molecule has 3 aromatic rings. The van der Waals surface area contributed by atoms with E-state index in [0.29, 0.717) is 17.4 Å². The molecule has 0 atom stereocenters. The Kier molecular flexibility index (Phi) is 2.98. The lowest BCUT2D eigenvalue weighted by atomic mass is 10.1. The van der Waals surface area contributed by atoms with Crippen LogP contribution >= 0.6 is 0 Å². The molecule has 0 spiro atoms. The van der Waals surface area contributed by atoms with Gasteiger partial charge in [0, 0.05) is 24.0 Å². The quantitative estimate of drug-likeness (QED) is 0.739. The number of nitrogens with two attached hydrogens (primary N) is 1. The van der Waals surface area contributed by atoms with E-state index in [-0.39, 0.29) is 0 Å². The van der Waals surface area contributed by atoms with E-state index in [2.05, 4.69) is 15.2 Å². The second-order valence-corrected chi connectivity index (χ2v) is 4.53. The van der Waals surface area contributed by atoms with Crippen molar-refractivity contribution in [3.05, 3.63) is 36.2 Å². The Bertz CT molecular complexity index is 744. The number of aromatic nitrogens is 4. The topological polar surface area (TPSA) is 82.8 Å². The van der Waals surface area contributed by atoms with Gasteiger partial charge in [-0.25, -0.2) is 0 Å². The molecular weight excluding hydrogens is 254 g/mol. The number of nitrogens with zero attached hydrogens (tertiary/aromatic N) is 4. The highest BCUT2D eigenvalue weighted by molar-refractivity contribution is 5.68. The number of aryl methyl sites for hydroxylation is 1. The lowest BCUT2D eigenvalue weighted by Crippen LogP contribution is -1.93. The van der Waals surface area contributed by atoms with Crippen molar-refractivity contribution in [3.8, 4) is 22.8 Å². The number of hydrogen-bond donors (Lipinski definition) is 1. The maximum Gasteiger partial charge on any atom is 0.261 e. The van der Waals surface area contributed by atoms with Crippen molar-refractivity contribution in [1.82, 2.24) is 19.9 Å². The van der Waals surface area contributed by atoms with Crippen LogP contribution in [0, 0.1) is 6.92 Å². The Morgan fingerprint density at radius 1 is 1.35 bits per heavy atom. The Balaban J connectivity index is 1.99. The third-order valence-corrected chi connectivity index (χ3v) is 3.25. The maximum absolute atomic E-state index is 5.90. The summed E-state index contributed by atoms with van der Waals surface area (Å²) >= 11 is 0. The van der Waals surface area contributed by atoms with E-state index in [1.54, 1.807) is 6.20 Å². The minimum atomic E-state index is 0.460. The van der Waals surface area contributed by atoms with Gasteiger partial charge in [0.05, 0.1) is 11.8 Å². The van der Waals surface area contributed by atoms with Gasteiger partial charge in [-0.15, -0.1) is 0 Å². The van der Waals surface area contributed by atoms with Crippen molar-refractivity contribution in [3.63, 3.8) is 0 Å². The molecule has 0 amide bonds. The summed E-state index contributed by atoms with van der Waals surface area (Å²) in [7, 11) is 0. The fourth-order valence-corrected chi connectivity index (χ4v) is 1.99. The summed E-state index contributed by atoms with van der Waals surface area (Å²) in [5, 5.41) is 8.21. The van der Waals surface area contributed by atoms with Gasteiger partial charge < -0.3 is 10.3 Å². The van der Waals surface area contributed by atoms with Crippen molar-refractivity contribution >= 4 is 5.69 Å². The lowest BCUT2D eigenvalue weighted by Gasteiger charge is -2.03. The zero-order chi connectivity index (χ0) is 14.1. The average molecular weight is 269 g/mol. The van der Waals surface area contributed by atoms with Crippen molar-refractivity contribution in [1.29, 1.82) is 0 Å². The van der Waals surface area contributed by atoms with Crippen molar-refractivity contribution in [2.24, 2.45) is 0 Å². The molecule has 0 radical (unpaired) electrons. The molecule has 0 aliphatic rings. The number of hydrogen-bond acceptors (Lipinski definition) is 5. The fraction of sp³-hybridized carbons (Fsp3) is 0.214. The summed E-state index contributed by atoms with van der Waals surface area (Å²) in [5.74, 6) is 0.996. The van der Waals surface area contributed by atoms with Gasteiger partial charge in [-0.3, -0.25) is 4.68 Å². The van der Waals surface area contributed by atoms with Gasteiger partial charge in [0.2, 0.25) is 5.82 Å². The van der Waals surface area contributed by atoms with E-state index < -0.39 is 0 Å². The van der Waals surface area contributed by atoms with Gasteiger partial charge in [0.1, 0.15) is 0 Å². The number of anilines is 1. The Hall–Kier alpha value is -2.63. The molecule has 6 nitrogen and oxygen atoms in total. The summed E-state index contributed by atoms with van der Waals surface area (Å²) in [6, 6.07) is 5.66. The highest BCUT2D eigenvalue weighted by Crippen LogP contribution is 2.26. The number of benzene rings is 1. The first-order valence-electron chi connectivity index (χ1n) is 6.41. The van der Waals surface area contributed by atoms with Crippen LogP contribution in [-0.2, 0) is 6.54 Å². The van der Waals surface area contributed by atoms with Crippen LogP contribution in [-0.4, -0.2) is 19.9 Å². The molecule has 2 aromatic heterocycles. The first-order chi connectivity index (χ1) is 9.69. The van der Waals surface area contributed by atoms with Gasteiger partial charge in [-0.1, -0.05) is 17.3 Å². The molecule has 3 rings (SSSR count). The molecule has 6 heteroatoms. The third kappa shape index (κ3) is 2.05. The molecular formula is C14H15N5O. The molecule has 0 bridgehead atoms. The van der Waals surface area contributed by atoms with Crippen LogP contribution in [0.3, 0.4) is 0 Å². The molecule has 102 valence electrons. The van der Waals surface area contributed by atoms with Crippen molar-refractivity contribution in [2.45, 2.75) is 20.4 Å². The van der Waals surface area contributed by atoms with Gasteiger partial charge in [-0.2, -0.15) is 10.1 Å². The first-order valence-corrected chi connectivity index (χ1v) is 6.41. The molecule has 20 heavy (non-hydrogen) atoms. The summed E-state index contributed by atoms with van der Waals surface area (Å²) < 4.78 is 7.11. The van der Waals surface area contributed by atoms with E-state index in [1.165, 1.54) is 0 Å². The Morgan fingerprint density at radius 3 is 2.95 bits per heavy atom. The van der Waals surface area contributed by atoms with Crippen molar-refractivity contribution < 1.29 is 4.52 Å². The Labute approximate surface area is 116 Å². The van der Waals surface area contributed by atoms with Crippen LogP contribution < -0.4 is 5.73 Å². The van der Waals surface area contributed by atoms with Crippen LogP contribution in [0.25, 0.3) is 22.8 Å². The number of rotatable bonds is 3. The average Bonchev–Trinajstić information content (AvgIpc) is 3.09. The second-order valence-electron chi connectivity index (χ2n) is 4.53. The predicted molar refractivity (Wildman–Crippen MR) is 75.8 cm³/mol. The zero-order valence-corrected chi connectivity index (χ0v) is 11.4. The highest BCUT2D eigenvalue weighted by atomic mass is 16.5. The molecule has 2 N–H and O–H groups in total. The fourth-order valence-electron chi connectivity index (χ4n) is 1.99. The predicted octanol–water partition coefficient (Wildman–Crippen LogP) is 2.51. The van der Waals surface area contributed by atoms with Gasteiger partial charge >= 0.3 is 0 Å². The van der Waals surface area contributed by atoms with Gasteiger partial charge in [-0.05, 0) is 25.5 Å². The van der Waals surface area contributed by atoms with E-state index in [4.69, 9.17) is 10.3 Å². The van der Waals surface area contributed by atoms with Crippen LogP contribution in [0.4, 0.5) is 5.69 Å². The lowest BCUT2D eigenvalue weighted by molar-refractivity contribution is 0.432. The minimum absolute atomic E-state index is 0.460. The Morgan fingerprint density at radius 2 is 2.20 bits per heavy atom. The summed E-state index contributed by atoms with van der Waals surface area (Å²) in [6.45, 7) is 4.76. The molecule has 0 saturated heterocycles. The molecule has 0 aliphatic heterocycles. The van der Waals surface area contributed by atoms with E-state index >= 15 is 0 Å². The molecule has 2 heterocycles. The van der Waals surface area contributed by atoms with E-state index in [0.717, 1.165) is 23.2 Å². The largest absolute Gasteiger partial charge is 0.398 e. The first kappa shape index (κ1) is 12.4. The summed E-state index contributed by atoms with van der Waals surface area (Å²) in [6.07, 6.45) is 3.59. The van der Waals surface area contributed by atoms with Crippen LogP contribution in [0.1, 0.15) is 12.5 Å². The normalized spacial score (nSPS) is 10.9. The second kappa shape index (κ2) is 4.80. The third-order valence-electron chi connectivity index (χ3n) is 3.25. The molecule has 0 fully saturated rings. The zero-order valence-electron chi connectivity index (χ0n) is 11.4. The van der Waals surface area contributed by atoms with Gasteiger partial charge in [0.25, 0.3) is 5.89 Å². The summed E-state index contributed by atoms with van der Waals surface area (Å²) in [5.41, 5.74) is 9.25. The molecule has 0 saturated carbocycles. The van der Waals surface area contributed by atoms with Crippen molar-refractivity contribution in [2.75, 3.05) is 5.73 Å². The minimum Gasteiger partial charge on any atom is -0.398 e. The van der Waals surface area contributed by atoms with Crippen LogP contribution in [0.2, 0.25) is 0 Å².